The molecule has 1 unspecified atom stereocenters. The summed E-state index contributed by atoms with van der Waals surface area (Å²) in [4.78, 5) is 50.6. The quantitative estimate of drug-likeness (QED) is 0.720. The van der Waals surface area contributed by atoms with E-state index >= 15 is 0 Å². The minimum atomic E-state index is -0.971. The lowest BCUT2D eigenvalue weighted by Crippen LogP contribution is -2.54. The summed E-state index contributed by atoms with van der Waals surface area (Å²) < 4.78 is 0. The van der Waals surface area contributed by atoms with Crippen molar-refractivity contribution < 1.29 is 19.2 Å². The Labute approximate surface area is 174 Å². The van der Waals surface area contributed by atoms with Gasteiger partial charge in [-0.05, 0) is 49.1 Å². The fourth-order valence-corrected chi connectivity index (χ4v) is 3.91. The number of hydrogen-bond donors (Lipinski definition) is 2. The largest absolute Gasteiger partial charge is 0.355 e. The maximum Gasteiger partial charge on any atom is 0.264 e. The van der Waals surface area contributed by atoms with E-state index in [-0.39, 0.29) is 24.0 Å². The van der Waals surface area contributed by atoms with E-state index in [9.17, 15) is 19.2 Å². The molecule has 7 nitrogen and oxygen atoms in total. The summed E-state index contributed by atoms with van der Waals surface area (Å²) in [5, 5.41) is 5.43. The highest BCUT2D eigenvalue weighted by atomic mass is 16.2. The first-order valence-corrected chi connectivity index (χ1v) is 10.2. The van der Waals surface area contributed by atoms with Gasteiger partial charge in [0.15, 0.2) is 0 Å². The topological polar surface area (TPSA) is 95.6 Å². The number of nitrogens with one attached hydrogen (secondary N) is 2. The number of amides is 4. The molecular weight excluding hydrogens is 382 g/mol. The van der Waals surface area contributed by atoms with Gasteiger partial charge in [0.05, 0.1) is 16.8 Å². The molecule has 0 aromatic heterocycles. The average Bonchev–Trinajstić information content (AvgIpc) is 2.99. The van der Waals surface area contributed by atoms with Gasteiger partial charge in [0.1, 0.15) is 6.04 Å². The molecule has 2 aliphatic heterocycles. The highest BCUT2D eigenvalue weighted by Gasteiger charge is 2.45. The first kappa shape index (κ1) is 19.8. The molecule has 7 heteroatoms. The Morgan fingerprint density at radius 1 is 1.03 bits per heavy atom. The standard InChI is InChI=1S/C23H23N3O4/c1-2-3-5-14-8-10-15(11-9-14)24-17-7-4-6-16-20(17)23(30)26(22(16)29)18-12-13-19(27)25-21(18)28/h4,6-11,18,24H,2-3,5,12-13H2,1H3,(H,25,27,28). The Morgan fingerprint density at radius 3 is 2.50 bits per heavy atom. The number of unbranched alkanes of at least 4 members (excludes halogenated alkanes) is 1. The average molecular weight is 405 g/mol. The second-order valence-corrected chi connectivity index (χ2v) is 7.60. The molecule has 0 bridgehead atoms. The van der Waals surface area contributed by atoms with Crippen molar-refractivity contribution in [2.24, 2.45) is 0 Å². The van der Waals surface area contributed by atoms with Crippen LogP contribution in [0, 0.1) is 0 Å². The molecule has 1 saturated heterocycles. The zero-order valence-electron chi connectivity index (χ0n) is 16.7. The van der Waals surface area contributed by atoms with E-state index < -0.39 is 29.7 Å². The molecule has 2 N–H and O–H groups in total. The lowest BCUT2D eigenvalue weighted by atomic mass is 10.0. The van der Waals surface area contributed by atoms with Crippen LogP contribution in [0.15, 0.2) is 42.5 Å². The van der Waals surface area contributed by atoms with Gasteiger partial charge in [-0.3, -0.25) is 29.4 Å². The molecule has 2 aromatic carbocycles. The lowest BCUT2D eigenvalue weighted by Gasteiger charge is -2.27. The molecule has 4 amide bonds. The van der Waals surface area contributed by atoms with Gasteiger partial charge >= 0.3 is 0 Å². The molecule has 0 radical (unpaired) electrons. The fraction of sp³-hybridized carbons (Fsp3) is 0.304. The number of benzene rings is 2. The fourth-order valence-electron chi connectivity index (χ4n) is 3.91. The van der Waals surface area contributed by atoms with Crippen molar-refractivity contribution in [2.45, 2.75) is 45.1 Å². The van der Waals surface area contributed by atoms with Gasteiger partial charge < -0.3 is 5.32 Å². The number of fused-ring (bicyclic) bond motifs is 1. The van der Waals surface area contributed by atoms with Crippen molar-refractivity contribution in [3.05, 3.63) is 59.2 Å². The predicted octanol–water partition coefficient (Wildman–Crippen LogP) is 3.17. The second kappa shape index (κ2) is 8.10. The van der Waals surface area contributed by atoms with E-state index in [2.05, 4.69) is 17.6 Å². The third kappa shape index (κ3) is 3.58. The second-order valence-electron chi connectivity index (χ2n) is 7.60. The number of piperidine rings is 1. The maximum atomic E-state index is 13.1. The molecule has 2 aliphatic rings. The number of hydrogen-bond acceptors (Lipinski definition) is 5. The lowest BCUT2D eigenvalue weighted by molar-refractivity contribution is -0.136. The van der Waals surface area contributed by atoms with Gasteiger partial charge in [-0.1, -0.05) is 31.5 Å². The molecule has 1 atom stereocenters. The van der Waals surface area contributed by atoms with Gasteiger partial charge in [-0.25, -0.2) is 0 Å². The molecule has 0 aliphatic carbocycles. The number of imide groups is 2. The predicted molar refractivity (Wildman–Crippen MR) is 111 cm³/mol. The van der Waals surface area contributed by atoms with Gasteiger partial charge in [-0.15, -0.1) is 0 Å². The van der Waals surface area contributed by atoms with E-state index in [0.717, 1.165) is 29.8 Å². The van der Waals surface area contributed by atoms with Crippen LogP contribution >= 0.6 is 0 Å². The van der Waals surface area contributed by atoms with Crippen LogP contribution in [0.25, 0.3) is 0 Å². The van der Waals surface area contributed by atoms with Crippen molar-refractivity contribution in [3.8, 4) is 0 Å². The van der Waals surface area contributed by atoms with Crippen molar-refractivity contribution >= 4 is 35.0 Å². The van der Waals surface area contributed by atoms with Crippen LogP contribution in [-0.4, -0.2) is 34.6 Å². The number of carbonyl (C=O) groups is 4. The summed E-state index contributed by atoms with van der Waals surface area (Å²) in [6.07, 6.45) is 3.52. The Balaban J connectivity index is 1.59. The summed E-state index contributed by atoms with van der Waals surface area (Å²) in [6.45, 7) is 2.16. The van der Waals surface area contributed by atoms with Crippen LogP contribution in [0.2, 0.25) is 0 Å². The van der Waals surface area contributed by atoms with Crippen molar-refractivity contribution in [3.63, 3.8) is 0 Å². The normalized spacial score (nSPS) is 18.4. The van der Waals surface area contributed by atoms with Crippen LogP contribution in [0.5, 0.6) is 0 Å². The van der Waals surface area contributed by atoms with Crippen LogP contribution < -0.4 is 10.6 Å². The smallest absolute Gasteiger partial charge is 0.264 e. The SMILES string of the molecule is CCCCc1ccc(Nc2cccc3c2C(=O)N(C2CCC(=O)NC2=O)C3=O)cc1. The number of rotatable bonds is 6. The molecule has 30 heavy (non-hydrogen) atoms. The van der Waals surface area contributed by atoms with E-state index in [4.69, 9.17) is 0 Å². The molecule has 0 saturated carbocycles. The van der Waals surface area contributed by atoms with Crippen LogP contribution in [0.3, 0.4) is 0 Å². The van der Waals surface area contributed by atoms with Crippen LogP contribution in [0.4, 0.5) is 11.4 Å². The maximum absolute atomic E-state index is 13.1. The third-order valence-electron chi connectivity index (χ3n) is 5.52. The minimum Gasteiger partial charge on any atom is -0.355 e. The highest BCUT2D eigenvalue weighted by molar-refractivity contribution is 6.25. The Hall–Kier alpha value is -3.48. The van der Waals surface area contributed by atoms with E-state index in [1.54, 1.807) is 18.2 Å². The van der Waals surface area contributed by atoms with Gasteiger partial charge in [-0.2, -0.15) is 0 Å². The van der Waals surface area contributed by atoms with Crippen LogP contribution in [-0.2, 0) is 16.0 Å². The van der Waals surface area contributed by atoms with E-state index in [0.29, 0.717) is 5.69 Å². The number of anilines is 2. The molecule has 2 heterocycles. The van der Waals surface area contributed by atoms with Crippen molar-refractivity contribution in [1.82, 2.24) is 10.2 Å². The van der Waals surface area contributed by atoms with Gasteiger partial charge in [0, 0.05) is 12.1 Å². The van der Waals surface area contributed by atoms with Gasteiger partial charge in [0.2, 0.25) is 11.8 Å². The summed E-state index contributed by atoms with van der Waals surface area (Å²) in [5.74, 6) is -2.04. The molecule has 1 fully saturated rings. The number of aryl methyl sites for hydroxylation is 1. The molecule has 0 spiro atoms. The summed E-state index contributed by atoms with van der Waals surface area (Å²) in [6, 6.07) is 12.0. The van der Waals surface area contributed by atoms with E-state index in [1.165, 1.54) is 5.56 Å². The summed E-state index contributed by atoms with van der Waals surface area (Å²) in [5.41, 5.74) is 3.08. The monoisotopic (exact) mass is 405 g/mol. The Bertz CT molecular complexity index is 1030. The molecule has 4 rings (SSSR count). The van der Waals surface area contributed by atoms with Crippen molar-refractivity contribution in [1.29, 1.82) is 0 Å². The molecule has 154 valence electrons. The van der Waals surface area contributed by atoms with Crippen molar-refractivity contribution in [2.75, 3.05) is 5.32 Å². The van der Waals surface area contributed by atoms with Crippen LogP contribution in [0.1, 0.15) is 58.9 Å². The number of nitrogens with zero attached hydrogens (tertiary/aromatic N) is 1. The molecule has 2 aromatic rings. The first-order valence-electron chi connectivity index (χ1n) is 10.2. The molecular formula is C23H23N3O4. The first-order chi connectivity index (χ1) is 14.5. The zero-order valence-corrected chi connectivity index (χ0v) is 16.7. The van der Waals surface area contributed by atoms with E-state index in [1.807, 2.05) is 24.3 Å². The summed E-state index contributed by atoms with van der Waals surface area (Å²) >= 11 is 0. The Morgan fingerprint density at radius 2 is 1.80 bits per heavy atom. The van der Waals surface area contributed by atoms with Gasteiger partial charge in [0.25, 0.3) is 11.8 Å². The number of carbonyl (C=O) groups excluding carboxylic acids is 4. The highest BCUT2D eigenvalue weighted by Crippen LogP contribution is 2.33. The summed E-state index contributed by atoms with van der Waals surface area (Å²) in [7, 11) is 0. The third-order valence-corrected chi connectivity index (χ3v) is 5.52. The minimum absolute atomic E-state index is 0.0965. The Kier molecular flexibility index (Phi) is 5.35. The zero-order chi connectivity index (χ0) is 21.3.